The minimum absolute atomic E-state index is 0.479. The number of anilines is 1. The van der Waals surface area contributed by atoms with Crippen molar-refractivity contribution < 1.29 is 9.47 Å². The monoisotopic (exact) mass is 351 g/mol. The topological polar surface area (TPSA) is 56.3 Å². The lowest BCUT2D eigenvalue weighted by atomic mass is 10.3. The van der Waals surface area contributed by atoms with Crippen LogP contribution in [0.3, 0.4) is 0 Å². The highest BCUT2D eigenvalue weighted by molar-refractivity contribution is 9.10. The van der Waals surface area contributed by atoms with Gasteiger partial charge in [-0.05, 0) is 53.5 Å². The Morgan fingerprint density at radius 1 is 1.14 bits per heavy atom. The second-order valence-corrected chi connectivity index (χ2v) is 5.13. The van der Waals surface area contributed by atoms with Crippen LogP contribution in [0.15, 0.2) is 34.9 Å². The van der Waals surface area contributed by atoms with Crippen LogP contribution >= 0.6 is 15.9 Å². The zero-order chi connectivity index (χ0) is 15.1. The molecular weight excluding hydrogens is 334 g/mol. The predicted molar refractivity (Wildman–Crippen MR) is 86.2 cm³/mol. The predicted octanol–water partition coefficient (Wildman–Crippen LogP) is 4.25. The van der Waals surface area contributed by atoms with Crippen molar-refractivity contribution in [2.75, 3.05) is 18.5 Å². The van der Waals surface area contributed by atoms with E-state index in [1.165, 1.54) is 0 Å². The van der Waals surface area contributed by atoms with E-state index in [-0.39, 0.29) is 0 Å². The van der Waals surface area contributed by atoms with Crippen molar-refractivity contribution in [3.8, 4) is 17.4 Å². The molecule has 2 aromatic rings. The summed E-state index contributed by atoms with van der Waals surface area (Å²) in [6.45, 7) is 5.50. The molecule has 6 heteroatoms. The zero-order valence-electron chi connectivity index (χ0n) is 12.1. The van der Waals surface area contributed by atoms with E-state index >= 15 is 0 Å². The average molecular weight is 352 g/mol. The van der Waals surface area contributed by atoms with Crippen LogP contribution in [0.25, 0.3) is 0 Å². The highest BCUT2D eigenvalue weighted by Gasteiger charge is 2.07. The van der Waals surface area contributed by atoms with Gasteiger partial charge in [0, 0.05) is 6.54 Å². The van der Waals surface area contributed by atoms with E-state index < -0.39 is 0 Å². The fraction of sp³-hybridized carbons (Fsp3) is 0.333. The number of hydrogen-bond donors (Lipinski definition) is 1. The van der Waals surface area contributed by atoms with Gasteiger partial charge in [0.25, 0.3) is 0 Å². The Hall–Kier alpha value is -1.82. The first-order valence-corrected chi connectivity index (χ1v) is 7.69. The molecule has 21 heavy (non-hydrogen) atoms. The van der Waals surface area contributed by atoms with Gasteiger partial charge in [-0.2, -0.15) is 4.98 Å². The Labute approximate surface area is 132 Å². The SMILES string of the molecule is CCCNc1ncc(Br)c(Oc2ccc(OCC)cc2)n1. The maximum atomic E-state index is 5.77. The van der Waals surface area contributed by atoms with Gasteiger partial charge in [0.15, 0.2) is 0 Å². The molecule has 2 rings (SSSR count). The van der Waals surface area contributed by atoms with E-state index in [2.05, 4.69) is 38.1 Å². The van der Waals surface area contributed by atoms with E-state index in [9.17, 15) is 0 Å². The molecule has 0 atom stereocenters. The quantitative estimate of drug-likeness (QED) is 0.807. The molecule has 0 spiro atoms. The molecule has 1 N–H and O–H groups in total. The first-order chi connectivity index (χ1) is 10.2. The van der Waals surface area contributed by atoms with Gasteiger partial charge < -0.3 is 14.8 Å². The Morgan fingerprint density at radius 2 is 1.86 bits per heavy atom. The van der Waals surface area contributed by atoms with Gasteiger partial charge in [-0.1, -0.05) is 6.92 Å². The van der Waals surface area contributed by atoms with Crippen molar-refractivity contribution in [1.29, 1.82) is 0 Å². The minimum Gasteiger partial charge on any atom is -0.494 e. The summed E-state index contributed by atoms with van der Waals surface area (Å²) in [5.74, 6) is 2.55. The molecule has 0 saturated heterocycles. The maximum Gasteiger partial charge on any atom is 0.238 e. The van der Waals surface area contributed by atoms with Gasteiger partial charge in [-0.15, -0.1) is 0 Å². The largest absolute Gasteiger partial charge is 0.494 e. The van der Waals surface area contributed by atoms with Crippen LogP contribution < -0.4 is 14.8 Å². The molecule has 1 heterocycles. The lowest BCUT2D eigenvalue weighted by molar-refractivity contribution is 0.339. The molecule has 112 valence electrons. The average Bonchev–Trinajstić information content (AvgIpc) is 2.50. The Balaban J connectivity index is 2.10. The van der Waals surface area contributed by atoms with Gasteiger partial charge in [0.1, 0.15) is 11.5 Å². The molecule has 5 nitrogen and oxygen atoms in total. The molecule has 0 aliphatic carbocycles. The van der Waals surface area contributed by atoms with Crippen LogP contribution in [-0.2, 0) is 0 Å². The smallest absolute Gasteiger partial charge is 0.238 e. The summed E-state index contributed by atoms with van der Waals surface area (Å²) in [6, 6.07) is 7.42. The number of rotatable bonds is 7. The molecule has 0 aliphatic heterocycles. The maximum absolute atomic E-state index is 5.77. The fourth-order valence-electron chi connectivity index (χ4n) is 1.63. The van der Waals surface area contributed by atoms with Crippen LogP contribution in [0.2, 0.25) is 0 Å². The summed E-state index contributed by atoms with van der Waals surface area (Å²) in [4.78, 5) is 8.53. The zero-order valence-corrected chi connectivity index (χ0v) is 13.7. The van der Waals surface area contributed by atoms with Crippen LogP contribution in [0.5, 0.6) is 17.4 Å². The summed E-state index contributed by atoms with van der Waals surface area (Å²) in [5, 5.41) is 3.13. The lowest BCUT2D eigenvalue weighted by Gasteiger charge is -2.09. The van der Waals surface area contributed by atoms with Crippen molar-refractivity contribution in [3.05, 3.63) is 34.9 Å². The van der Waals surface area contributed by atoms with Crippen LogP contribution in [-0.4, -0.2) is 23.1 Å². The van der Waals surface area contributed by atoms with E-state index in [0.717, 1.165) is 18.7 Å². The Morgan fingerprint density at radius 3 is 2.52 bits per heavy atom. The van der Waals surface area contributed by atoms with Gasteiger partial charge in [0.05, 0.1) is 17.3 Å². The molecule has 0 radical (unpaired) electrons. The number of benzene rings is 1. The number of hydrogen-bond acceptors (Lipinski definition) is 5. The van der Waals surface area contributed by atoms with Crippen molar-refractivity contribution in [2.45, 2.75) is 20.3 Å². The second kappa shape index (κ2) is 7.83. The van der Waals surface area contributed by atoms with E-state index in [4.69, 9.17) is 9.47 Å². The van der Waals surface area contributed by atoms with Crippen molar-refractivity contribution in [3.63, 3.8) is 0 Å². The van der Waals surface area contributed by atoms with Gasteiger partial charge in [-0.25, -0.2) is 4.98 Å². The van der Waals surface area contributed by atoms with E-state index in [1.807, 2.05) is 31.2 Å². The third kappa shape index (κ3) is 4.60. The van der Waals surface area contributed by atoms with Gasteiger partial charge in [0.2, 0.25) is 11.8 Å². The van der Waals surface area contributed by atoms with Crippen molar-refractivity contribution in [1.82, 2.24) is 9.97 Å². The summed E-state index contributed by atoms with van der Waals surface area (Å²) >= 11 is 3.39. The Kier molecular flexibility index (Phi) is 5.80. The Bertz CT molecular complexity index is 576. The number of aromatic nitrogens is 2. The third-order valence-corrected chi connectivity index (χ3v) is 3.14. The molecule has 0 fully saturated rings. The van der Waals surface area contributed by atoms with Crippen molar-refractivity contribution in [2.24, 2.45) is 0 Å². The van der Waals surface area contributed by atoms with Gasteiger partial charge in [-0.3, -0.25) is 0 Å². The molecule has 0 amide bonds. The molecule has 1 aromatic heterocycles. The number of ether oxygens (including phenoxy) is 2. The van der Waals surface area contributed by atoms with Gasteiger partial charge >= 0.3 is 0 Å². The molecule has 0 bridgehead atoms. The molecule has 0 unspecified atom stereocenters. The fourth-order valence-corrected chi connectivity index (χ4v) is 1.90. The van der Waals surface area contributed by atoms with E-state index in [1.54, 1.807) is 6.20 Å². The summed E-state index contributed by atoms with van der Waals surface area (Å²) in [7, 11) is 0. The molecule has 1 aromatic carbocycles. The number of halogens is 1. The second-order valence-electron chi connectivity index (χ2n) is 4.28. The number of nitrogens with zero attached hydrogens (tertiary/aromatic N) is 2. The van der Waals surface area contributed by atoms with Crippen LogP contribution in [0.1, 0.15) is 20.3 Å². The number of nitrogens with one attached hydrogen (secondary N) is 1. The van der Waals surface area contributed by atoms with Crippen molar-refractivity contribution >= 4 is 21.9 Å². The molecule has 0 saturated carbocycles. The van der Waals surface area contributed by atoms with Crippen LogP contribution in [0.4, 0.5) is 5.95 Å². The highest BCUT2D eigenvalue weighted by atomic mass is 79.9. The van der Waals surface area contributed by atoms with E-state index in [0.29, 0.717) is 28.7 Å². The summed E-state index contributed by atoms with van der Waals surface area (Å²) in [6.07, 6.45) is 2.68. The normalized spacial score (nSPS) is 10.2. The van der Waals surface area contributed by atoms with Crippen LogP contribution in [0, 0.1) is 0 Å². The standard InChI is InChI=1S/C15H18BrN3O2/c1-3-9-17-15-18-10-13(16)14(19-15)21-12-7-5-11(6-8-12)20-4-2/h5-8,10H,3-4,9H2,1-2H3,(H,17,18,19). The first kappa shape index (κ1) is 15.6. The molecular formula is C15H18BrN3O2. The summed E-state index contributed by atoms with van der Waals surface area (Å²) in [5.41, 5.74) is 0. The first-order valence-electron chi connectivity index (χ1n) is 6.90. The summed E-state index contributed by atoms with van der Waals surface area (Å²) < 4.78 is 11.9. The highest BCUT2D eigenvalue weighted by Crippen LogP contribution is 2.28. The minimum atomic E-state index is 0.479. The molecule has 0 aliphatic rings. The lowest BCUT2D eigenvalue weighted by Crippen LogP contribution is -2.05. The third-order valence-electron chi connectivity index (χ3n) is 2.59.